The van der Waals surface area contributed by atoms with Crippen molar-refractivity contribution in [2.75, 3.05) is 19.1 Å². The highest BCUT2D eigenvalue weighted by molar-refractivity contribution is 5.36. The molecule has 2 aromatic heterocycles. The lowest BCUT2D eigenvalue weighted by molar-refractivity contribution is 0.601. The van der Waals surface area contributed by atoms with E-state index in [-0.39, 0.29) is 0 Å². The summed E-state index contributed by atoms with van der Waals surface area (Å²) in [5, 5.41) is 1.98. The molecular formula is C7H10N4. The van der Waals surface area contributed by atoms with Crippen LogP contribution in [0.25, 0.3) is 5.65 Å². The largest absolute Gasteiger partial charge is 0.304 e. The quantitative estimate of drug-likeness (QED) is 0.585. The van der Waals surface area contributed by atoms with Crippen molar-refractivity contribution in [1.29, 1.82) is 0 Å². The minimum Gasteiger partial charge on any atom is -0.304 e. The summed E-state index contributed by atoms with van der Waals surface area (Å²) in [6.07, 6.45) is 5.69. The first-order chi connectivity index (χ1) is 5.29. The van der Waals surface area contributed by atoms with Crippen LogP contribution in [-0.4, -0.2) is 28.4 Å². The Kier molecular flexibility index (Phi) is 1.15. The second-order valence-electron chi connectivity index (χ2n) is 2.61. The van der Waals surface area contributed by atoms with Crippen LogP contribution in [0.1, 0.15) is 0 Å². The van der Waals surface area contributed by atoms with Gasteiger partial charge in [-0.1, -0.05) is 0 Å². The van der Waals surface area contributed by atoms with E-state index in [1.54, 1.807) is 6.20 Å². The summed E-state index contributed by atoms with van der Waals surface area (Å²) in [6.45, 7) is 0. The van der Waals surface area contributed by atoms with E-state index in [1.165, 1.54) is 0 Å². The Bertz CT molecular complexity index is 357. The molecule has 0 aromatic carbocycles. The molecule has 2 heterocycles. The molecule has 0 aliphatic carbocycles. The molecular weight excluding hydrogens is 140 g/mol. The Morgan fingerprint density at radius 2 is 2.18 bits per heavy atom. The highest BCUT2D eigenvalue weighted by Crippen LogP contribution is 2.00. The molecule has 2 rings (SSSR count). The first-order valence-corrected chi connectivity index (χ1v) is 3.47. The summed E-state index contributed by atoms with van der Waals surface area (Å²) in [5.74, 6) is 0. The van der Waals surface area contributed by atoms with E-state index in [1.807, 2.05) is 46.9 Å². The zero-order valence-corrected chi connectivity index (χ0v) is 6.60. The van der Waals surface area contributed by atoms with E-state index < -0.39 is 0 Å². The van der Waals surface area contributed by atoms with Crippen LogP contribution in [0, 0.1) is 0 Å². The molecule has 0 aliphatic heterocycles. The molecule has 0 spiro atoms. The van der Waals surface area contributed by atoms with Crippen molar-refractivity contribution in [3.8, 4) is 0 Å². The fraction of sp³-hybridized carbons (Fsp3) is 0.286. The van der Waals surface area contributed by atoms with E-state index in [4.69, 9.17) is 0 Å². The Morgan fingerprint density at radius 1 is 1.36 bits per heavy atom. The lowest BCUT2D eigenvalue weighted by atomic mass is 10.7. The van der Waals surface area contributed by atoms with Crippen LogP contribution < -0.4 is 5.01 Å². The summed E-state index contributed by atoms with van der Waals surface area (Å²) in [5.41, 5.74) is 0.971. The Hall–Kier alpha value is -1.45. The Morgan fingerprint density at radius 3 is 2.91 bits per heavy atom. The molecule has 0 saturated carbocycles. The fourth-order valence-electron chi connectivity index (χ4n) is 1.13. The minimum absolute atomic E-state index is 0.971. The maximum Gasteiger partial charge on any atom is 0.154 e. The van der Waals surface area contributed by atoms with Crippen LogP contribution in [0.4, 0.5) is 0 Å². The van der Waals surface area contributed by atoms with Crippen molar-refractivity contribution in [2.24, 2.45) is 0 Å². The van der Waals surface area contributed by atoms with Gasteiger partial charge in [-0.15, -0.1) is 0 Å². The molecule has 4 nitrogen and oxygen atoms in total. The van der Waals surface area contributed by atoms with E-state index >= 15 is 0 Å². The molecule has 2 aromatic rings. The summed E-state index contributed by atoms with van der Waals surface area (Å²) in [4.78, 5) is 6.11. The number of fused-ring (bicyclic) bond motifs is 1. The first-order valence-electron chi connectivity index (χ1n) is 3.47. The third kappa shape index (κ3) is 0.790. The van der Waals surface area contributed by atoms with Crippen LogP contribution in [0.3, 0.4) is 0 Å². The van der Waals surface area contributed by atoms with Gasteiger partial charge in [0.25, 0.3) is 0 Å². The zero-order valence-electron chi connectivity index (χ0n) is 6.60. The normalized spacial score (nSPS) is 10.7. The predicted molar refractivity (Wildman–Crippen MR) is 43.2 cm³/mol. The number of hydrogen-bond acceptors (Lipinski definition) is 2. The number of hydrogen-bond donors (Lipinski definition) is 0. The molecule has 0 fully saturated rings. The molecule has 58 valence electrons. The molecule has 0 amide bonds. The number of aromatic nitrogens is 3. The van der Waals surface area contributed by atoms with Crippen molar-refractivity contribution in [1.82, 2.24) is 14.3 Å². The average Bonchev–Trinajstić information content (AvgIpc) is 2.41. The topological polar surface area (TPSA) is 25.5 Å². The number of nitrogens with zero attached hydrogens (tertiary/aromatic N) is 4. The highest BCUT2D eigenvalue weighted by Gasteiger charge is 1.99. The summed E-state index contributed by atoms with van der Waals surface area (Å²) >= 11 is 0. The van der Waals surface area contributed by atoms with Crippen LogP contribution in [0.5, 0.6) is 0 Å². The van der Waals surface area contributed by atoms with Gasteiger partial charge in [-0.3, -0.25) is 0 Å². The fourth-order valence-corrected chi connectivity index (χ4v) is 1.13. The maximum atomic E-state index is 4.14. The molecule has 0 radical (unpaired) electrons. The van der Waals surface area contributed by atoms with Gasteiger partial charge in [0.15, 0.2) is 5.65 Å². The second kappa shape index (κ2) is 2.02. The Labute approximate surface area is 64.6 Å². The van der Waals surface area contributed by atoms with Gasteiger partial charge in [-0.05, 0) is 0 Å². The van der Waals surface area contributed by atoms with Gasteiger partial charge in [0, 0.05) is 38.8 Å². The average molecular weight is 150 g/mol. The molecule has 0 N–H and O–H groups in total. The highest BCUT2D eigenvalue weighted by atomic mass is 15.7. The van der Waals surface area contributed by atoms with Gasteiger partial charge >= 0.3 is 0 Å². The maximum absolute atomic E-state index is 4.14. The summed E-state index contributed by atoms with van der Waals surface area (Å²) in [6, 6.07) is 1.97. The zero-order chi connectivity index (χ0) is 7.84. The SMILES string of the molecule is CN(C)n1ccc2nccn21. The third-order valence-electron chi connectivity index (χ3n) is 1.64. The molecule has 0 aliphatic rings. The van der Waals surface area contributed by atoms with Gasteiger partial charge in [-0.2, -0.15) is 4.79 Å². The number of imidazole rings is 1. The second-order valence-corrected chi connectivity index (χ2v) is 2.61. The van der Waals surface area contributed by atoms with Crippen molar-refractivity contribution in [3.05, 3.63) is 24.7 Å². The summed E-state index contributed by atoms with van der Waals surface area (Å²) in [7, 11) is 3.97. The van der Waals surface area contributed by atoms with Gasteiger partial charge in [0.1, 0.15) is 0 Å². The standard InChI is InChI=1S/C7H10N4/c1-9(2)11-5-3-7-8-4-6-10(7)11/h3-6H,1-2H3. The van der Waals surface area contributed by atoms with Crippen molar-refractivity contribution < 1.29 is 0 Å². The van der Waals surface area contributed by atoms with E-state index in [9.17, 15) is 0 Å². The minimum atomic E-state index is 0.971. The van der Waals surface area contributed by atoms with Crippen LogP contribution in [0.15, 0.2) is 24.7 Å². The summed E-state index contributed by atoms with van der Waals surface area (Å²) < 4.78 is 1.97. The molecule has 11 heavy (non-hydrogen) atoms. The van der Waals surface area contributed by atoms with E-state index in [2.05, 4.69) is 4.98 Å². The Balaban J connectivity index is 2.68. The predicted octanol–water partition coefficient (Wildman–Crippen LogP) is 0.333. The molecule has 0 bridgehead atoms. The molecule has 0 atom stereocenters. The van der Waals surface area contributed by atoms with Gasteiger partial charge in [-0.25, -0.2) is 9.50 Å². The van der Waals surface area contributed by atoms with Crippen LogP contribution >= 0.6 is 0 Å². The van der Waals surface area contributed by atoms with Crippen molar-refractivity contribution in [3.63, 3.8) is 0 Å². The molecule has 0 saturated heterocycles. The van der Waals surface area contributed by atoms with Crippen LogP contribution in [-0.2, 0) is 0 Å². The van der Waals surface area contributed by atoms with Gasteiger partial charge in [0.05, 0.1) is 0 Å². The van der Waals surface area contributed by atoms with E-state index in [0.717, 1.165) is 5.65 Å². The van der Waals surface area contributed by atoms with Gasteiger partial charge in [0.2, 0.25) is 0 Å². The van der Waals surface area contributed by atoms with Crippen molar-refractivity contribution in [2.45, 2.75) is 0 Å². The van der Waals surface area contributed by atoms with Gasteiger partial charge < -0.3 is 5.01 Å². The van der Waals surface area contributed by atoms with Crippen molar-refractivity contribution >= 4 is 5.65 Å². The smallest absolute Gasteiger partial charge is 0.154 e. The molecule has 0 unspecified atom stereocenters. The first kappa shape index (κ1) is 6.27. The van der Waals surface area contributed by atoms with E-state index in [0.29, 0.717) is 0 Å². The van der Waals surface area contributed by atoms with Crippen LogP contribution in [0.2, 0.25) is 0 Å². The molecule has 4 heteroatoms. The number of rotatable bonds is 1. The lowest BCUT2D eigenvalue weighted by Crippen LogP contribution is -2.27. The third-order valence-corrected chi connectivity index (χ3v) is 1.64. The monoisotopic (exact) mass is 150 g/mol. The lowest BCUT2D eigenvalue weighted by Gasteiger charge is -2.14.